The molecule has 1 saturated heterocycles. The van der Waals surface area contributed by atoms with E-state index < -0.39 is 10.8 Å². The number of hydrogen-bond acceptors (Lipinski definition) is 7. The van der Waals surface area contributed by atoms with Crippen LogP contribution in [0.4, 0.5) is 10.2 Å². The highest BCUT2D eigenvalue weighted by Crippen LogP contribution is 2.29. The van der Waals surface area contributed by atoms with Gasteiger partial charge in [0, 0.05) is 41.0 Å². The van der Waals surface area contributed by atoms with E-state index >= 15 is 0 Å². The summed E-state index contributed by atoms with van der Waals surface area (Å²) in [6.45, 7) is 1.17. The van der Waals surface area contributed by atoms with Gasteiger partial charge in [0.1, 0.15) is 24.3 Å². The van der Waals surface area contributed by atoms with Crippen molar-refractivity contribution in [1.29, 1.82) is 0 Å². The lowest BCUT2D eigenvalue weighted by Gasteiger charge is -2.27. The second kappa shape index (κ2) is 7.69. The van der Waals surface area contributed by atoms with Gasteiger partial charge in [-0.2, -0.15) is 9.97 Å². The fourth-order valence-corrected chi connectivity index (χ4v) is 4.04. The van der Waals surface area contributed by atoms with Crippen LogP contribution in [-0.4, -0.2) is 48.7 Å². The Morgan fingerprint density at radius 3 is 2.70 bits per heavy atom. The van der Waals surface area contributed by atoms with Crippen LogP contribution in [0.15, 0.2) is 30.6 Å². The molecule has 0 aliphatic carbocycles. The molecule has 3 aromatic rings. The fourth-order valence-electron chi connectivity index (χ4n) is 2.82. The number of fused-ring (bicyclic) bond motifs is 1. The molecule has 0 radical (unpaired) electrons. The molecular weight excluding hydrogens is 393 g/mol. The first kappa shape index (κ1) is 18.0. The van der Waals surface area contributed by atoms with Crippen LogP contribution in [0.2, 0.25) is 5.28 Å². The molecule has 4 rings (SSSR count). The molecule has 7 nitrogen and oxygen atoms in total. The predicted molar refractivity (Wildman–Crippen MR) is 101 cm³/mol. The average molecular weight is 408 g/mol. The highest BCUT2D eigenvalue weighted by molar-refractivity contribution is 7.85. The minimum Gasteiger partial charge on any atom is -0.471 e. The molecule has 1 aliphatic rings. The van der Waals surface area contributed by atoms with Crippen LogP contribution in [0.1, 0.15) is 5.56 Å². The van der Waals surface area contributed by atoms with Crippen molar-refractivity contribution in [2.75, 3.05) is 29.5 Å². The van der Waals surface area contributed by atoms with E-state index in [0.717, 1.165) is 0 Å². The molecule has 140 valence electrons. The molecule has 27 heavy (non-hydrogen) atoms. The number of nitrogens with zero attached hydrogens (tertiary/aromatic N) is 5. The number of halogens is 2. The lowest BCUT2D eigenvalue weighted by Crippen LogP contribution is -2.38. The Kier molecular flexibility index (Phi) is 5.13. The summed E-state index contributed by atoms with van der Waals surface area (Å²) in [7, 11) is -0.816. The molecule has 0 saturated carbocycles. The molecule has 3 heterocycles. The monoisotopic (exact) mass is 407 g/mol. The van der Waals surface area contributed by atoms with E-state index in [9.17, 15) is 8.60 Å². The van der Waals surface area contributed by atoms with Crippen LogP contribution in [0, 0.1) is 5.82 Å². The zero-order valence-corrected chi connectivity index (χ0v) is 15.7. The van der Waals surface area contributed by atoms with E-state index in [-0.39, 0.29) is 23.6 Å². The molecule has 0 N–H and O–H groups in total. The normalized spacial score (nSPS) is 15.3. The van der Waals surface area contributed by atoms with Crippen molar-refractivity contribution in [3.8, 4) is 5.88 Å². The summed E-state index contributed by atoms with van der Waals surface area (Å²) in [5.41, 5.74) is 1.25. The van der Waals surface area contributed by atoms with Gasteiger partial charge in [-0.05, 0) is 17.7 Å². The van der Waals surface area contributed by atoms with Crippen LogP contribution in [0.5, 0.6) is 5.88 Å². The molecule has 2 aromatic heterocycles. The van der Waals surface area contributed by atoms with Gasteiger partial charge in [-0.3, -0.25) is 4.21 Å². The maximum Gasteiger partial charge on any atom is 0.244 e. The molecule has 0 amide bonds. The summed E-state index contributed by atoms with van der Waals surface area (Å²) in [6, 6.07) is 6.36. The van der Waals surface area contributed by atoms with Gasteiger partial charge in [0.2, 0.25) is 11.2 Å². The summed E-state index contributed by atoms with van der Waals surface area (Å²) in [5, 5.41) is 0.0368. The summed E-state index contributed by atoms with van der Waals surface area (Å²) in [4.78, 5) is 18.9. The average Bonchev–Trinajstić information content (AvgIpc) is 2.67. The zero-order valence-electron chi connectivity index (χ0n) is 14.1. The number of benzene rings is 1. The minimum atomic E-state index is -0.816. The summed E-state index contributed by atoms with van der Waals surface area (Å²) < 4.78 is 31.1. The largest absolute Gasteiger partial charge is 0.471 e. The Balaban J connectivity index is 1.68. The second-order valence-electron chi connectivity index (χ2n) is 5.91. The Morgan fingerprint density at radius 2 is 1.93 bits per heavy atom. The van der Waals surface area contributed by atoms with Gasteiger partial charge in [-0.25, -0.2) is 14.4 Å². The van der Waals surface area contributed by atoms with Crippen molar-refractivity contribution in [2.45, 2.75) is 6.61 Å². The Bertz CT molecular complexity index is 1010. The van der Waals surface area contributed by atoms with Gasteiger partial charge < -0.3 is 9.64 Å². The van der Waals surface area contributed by atoms with Crippen molar-refractivity contribution in [3.05, 3.63) is 47.3 Å². The highest BCUT2D eigenvalue weighted by Gasteiger charge is 2.22. The van der Waals surface area contributed by atoms with E-state index in [1.165, 1.54) is 12.4 Å². The second-order valence-corrected chi connectivity index (χ2v) is 7.94. The van der Waals surface area contributed by atoms with Gasteiger partial charge in [-0.15, -0.1) is 0 Å². The van der Waals surface area contributed by atoms with Crippen LogP contribution < -0.4 is 9.64 Å². The molecule has 1 aliphatic heterocycles. The van der Waals surface area contributed by atoms with Crippen molar-refractivity contribution >= 4 is 39.3 Å². The van der Waals surface area contributed by atoms with E-state index in [1.54, 1.807) is 18.2 Å². The molecule has 1 fully saturated rings. The standard InChI is InChI=1S/C17H15ClFN5O2S/c18-17-22-14-13(15(23-17)24-5-7-27(25)8-6-24)20-10-21-16(14)26-9-11-3-1-2-4-12(11)19/h1-4,10H,5-9H2. The van der Waals surface area contributed by atoms with Crippen molar-refractivity contribution in [3.63, 3.8) is 0 Å². The third kappa shape index (κ3) is 3.84. The van der Waals surface area contributed by atoms with E-state index in [4.69, 9.17) is 16.3 Å². The first-order chi connectivity index (χ1) is 13.1. The maximum absolute atomic E-state index is 13.8. The van der Waals surface area contributed by atoms with Gasteiger partial charge >= 0.3 is 0 Å². The van der Waals surface area contributed by atoms with Crippen LogP contribution >= 0.6 is 11.6 Å². The number of anilines is 1. The molecule has 0 spiro atoms. The van der Waals surface area contributed by atoms with Crippen molar-refractivity contribution < 1.29 is 13.3 Å². The van der Waals surface area contributed by atoms with Gasteiger partial charge in [0.15, 0.2) is 11.3 Å². The molecule has 1 aromatic carbocycles. The molecule has 0 bridgehead atoms. The Labute approximate surface area is 162 Å². The minimum absolute atomic E-state index is 0.00155. The SMILES string of the molecule is O=S1CCN(c2nc(Cl)nc3c(OCc4ccccc4F)ncnc23)CC1. The lowest BCUT2D eigenvalue weighted by atomic mass is 10.2. The molecular formula is C17H15ClFN5O2S. The third-order valence-corrected chi connectivity index (χ3v) is 5.65. The highest BCUT2D eigenvalue weighted by atomic mass is 35.5. The van der Waals surface area contributed by atoms with Crippen LogP contribution in [0.25, 0.3) is 11.0 Å². The van der Waals surface area contributed by atoms with Gasteiger partial charge in [0.25, 0.3) is 0 Å². The first-order valence-electron chi connectivity index (χ1n) is 8.26. The summed E-state index contributed by atoms with van der Waals surface area (Å²) >= 11 is 6.11. The quantitative estimate of drug-likeness (QED) is 0.614. The van der Waals surface area contributed by atoms with Crippen molar-refractivity contribution in [1.82, 2.24) is 19.9 Å². The third-order valence-electron chi connectivity index (χ3n) is 4.20. The first-order valence-corrected chi connectivity index (χ1v) is 10.1. The number of ether oxygens (including phenoxy) is 1. The van der Waals surface area contributed by atoms with Crippen LogP contribution in [-0.2, 0) is 17.4 Å². The van der Waals surface area contributed by atoms with E-state index in [0.29, 0.717) is 47.0 Å². The number of rotatable bonds is 4. The predicted octanol–water partition coefficient (Wildman–Crippen LogP) is 2.36. The molecule has 10 heteroatoms. The van der Waals surface area contributed by atoms with Crippen molar-refractivity contribution in [2.24, 2.45) is 0 Å². The smallest absolute Gasteiger partial charge is 0.244 e. The topological polar surface area (TPSA) is 81.1 Å². The Morgan fingerprint density at radius 1 is 1.15 bits per heavy atom. The van der Waals surface area contributed by atoms with Gasteiger partial charge in [-0.1, -0.05) is 18.2 Å². The summed E-state index contributed by atoms with van der Waals surface area (Å²) in [6.07, 6.45) is 1.35. The number of aromatic nitrogens is 4. The maximum atomic E-state index is 13.8. The van der Waals surface area contributed by atoms with E-state index in [1.807, 2.05) is 4.90 Å². The molecule has 0 unspecified atom stereocenters. The summed E-state index contributed by atoms with van der Waals surface area (Å²) in [5.74, 6) is 1.52. The van der Waals surface area contributed by atoms with E-state index in [2.05, 4.69) is 19.9 Å². The van der Waals surface area contributed by atoms with Gasteiger partial charge in [0.05, 0.1) is 0 Å². The number of hydrogen-bond donors (Lipinski definition) is 0. The van der Waals surface area contributed by atoms with Crippen LogP contribution in [0.3, 0.4) is 0 Å². The lowest BCUT2D eigenvalue weighted by molar-refractivity contribution is 0.291. The Hall–Kier alpha value is -2.39. The fraction of sp³-hybridized carbons (Fsp3) is 0.294. The molecule has 0 atom stereocenters. The zero-order chi connectivity index (χ0) is 18.8.